The Bertz CT molecular complexity index is 737. The van der Waals surface area contributed by atoms with Crippen LogP contribution in [0.3, 0.4) is 0 Å². The number of amides is 2. The third-order valence-corrected chi connectivity index (χ3v) is 4.64. The molecule has 1 fully saturated rings. The van der Waals surface area contributed by atoms with Gasteiger partial charge < -0.3 is 15.0 Å². The van der Waals surface area contributed by atoms with Crippen LogP contribution in [0.1, 0.15) is 29.9 Å². The number of benzene rings is 1. The van der Waals surface area contributed by atoms with E-state index in [4.69, 9.17) is 4.74 Å². The van der Waals surface area contributed by atoms with Crippen LogP contribution in [0.2, 0.25) is 0 Å². The number of ether oxygens (including phenoxy) is 1. The van der Waals surface area contributed by atoms with Crippen molar-refractivity contribution in [3.8, 4) is 0 Å². The fourth-order valence-corrected chi connectivity index (χ4v) is 3.58. The molecule has 3 rings (SSSR count). The second-order valence-electron chi connectivity index (χ2n) is 6.22. The molecule has 1 aromatic heterocycles. The highest BCUT2D eigenvalue weighted by Gasteiger charge is 2.28. The molecule has 0 bridgehead atoms. The second kappa shape index (κ2) is 7.76. The molecule has 2 aromatic rings. The Hall–Kier alpha value is -2.25. The van der Waals surface area contributed by atoms with Gasteiger partial charge in [0.1, 0.15) is 5.69 Å². The first-order valence-electron chi connectivity index (χ1n) is 8.25. The SMILES string of the molecule is CC1CN(C(=O)c2csc(NC(=O)Cc3ccccc3)n2)CC(C)O1. The van der Waals surface area contributed by atoms with Gasteiger partial charge in [-0.1, -0.05) is 30.3 Å². The number of aromatic nitrogens is 1. The molecular formula is C18H21N3O3S. The molecule has 2 amide bonds. The highest BCUT2D eigenvalue weighted by molar-refractivity contribution is 7.14. The summed E-state index contributed by atoms with van der Waals surface area (Å²) in [4.78, 5) is 30.7. The molecule has 2 heterocycles. The summed E-state index contributed by atoms with van der Waals surface area (Å²) >= 11 is 1.26. The summed E-state index contributed by atoms with van der Waals surface area (Å²) in [6, 6.07) is 9.50. The summed E-state index contributed by atoms with van der Waals surface area (Å²) < 4.78 is 5.65. The Morgan fingerprint density at radius 3 is 2.60 bits per heavy atom. The summed E-state index contributed by atoms with van der Waals surface area (Å²) in [7, 11) is 0. The molecule has 1 aromatic carbocycles. The van der Waals surface area contributed by atoms with Crippen molar-refractivity contribution < 1.29 is 14.3 Å². The van der Waals surface area contributed by atoms with E-state index < -0.39 is 0 Å². The lowest BCUT2D eigenvalue weighted by Gasteiger charge is -2.34. The minimum Gasteiger partial charge on any atom is -0.372 e. The maximum absolute atomic E-state index is 12.6. The van der Waals surface area contributed by atoms with E-state index >= 15 is 0 Å². The van der Waals surface area contributed by atoms with Crippen LogP contribution < -0.4 is 5.32 Å². The molecule has 25 heavy (non-hydrogen) atoms. The second-order valence-corrected chi connectivity index (χ2v) is 7.07. The zero-order chi connectivity index (χ0) is 17.8. The molecule has 0 radical (unpaired) electrons. The first-order valence-corrected chi connectivity index (χ1v) is 9.13. The maximum atomic E-state index is 12.6. The van der Waals surface area contributed by atoms with E-state index in [-0.39, 0.29) is 30.4 Å². The van der Waals surface area contributed by atoms with Crippen LogP contribution in [0.15, 0.2) is 35.7 Å². The van der Waals surface area contributed by atoms with Crippen LogP contribution in [0.4, 0.5) is 5.13 Å². The van der Waals surface area contributed by atoms with Gasteiger partial charge in [0.25, 0.3) is 5.91 Å². The molecule has 0 spiro atoms. The number of hydrogen-bond acceptors (Lipinski definition) is 5. The number of carbonyl (C=O) groups excluding carboxylic acids is 2. The molecule has 0 saturated carbocycles. The first kappa shape index (κ1) is 17.6. The minimum atomic E-state index is -0.145. The van der Waals surface area contributed by atoms with E-state index in [2.05, 4.69) is 10.3 Å². The van der Waals surface area contributed by atoms with Crippen molar-refractivity contribution in [2.24, 2.45) is 0 Å². The number of nitrogens with one attached hydrogen (secondary N) is 1. The van der Waals surface area contributed by atoms with Crippen molar-refractivity contribution >= 4 is 28.3 Å². The third kappa shape index (κ3) is 4.64. The monoisotopic (exact) mass is 359 g/mol. The number of carbonyl (C=O) groups is 2. The van der Waals surface area contributed by atoms with Gasteiger partial charge in [0.05, 0.1) is 18.6 Å². The predicted octanol–water partition coefficient (Wildman–Crippen LogP) is 2.57. The first-order chi connectivity index (χ1) is 12.0. The molecule has 1 aliphatic heterocycles. The molecule has 1 saturated heterocycles. The van der Waals surface area contributed by atoms with E-state index in [1.165, 1.54) is 11.3 Å². The van der Waals surface area contributed by atoms with Crippen LogP contribution in [0, 0.1) is 0 Å². The van der Waals surface area contributed by atoms with Crippen LogP contribution in [-0.2, 0) is 16.0 Å². The normalized spacial score (nSPS) is 20.3. The lowest BCUT2D eigenvalue weighted by molar-refractivity contribution is -0.115. The van der Waals surface area contributed by atoms with Crippen LogP contribution >= 0.6 is 11.3 Å². The van der Waals surface area contributed by atoms with Crippen molar-refractivity contribution in [2.45, 2.75) is 32.5 Å². The van der Waals surface area contributed by atoms with E-state index in [1.807, 2.05) is 44.2 Å². The van der Waals surface area contributed by atoms with E-state index in [9.17, 15) is 9.59 Å². The Kier molecular flexibility index (Phi) is 5.45. The topological polar surface area (TPSA) is 71.5 Å². The van der Waals surface area contributed by atoms with E-state index in [1.54, 1.807) is 10.3 Å². The molecule has 0 aliphatic carbocycles. The Morgan fingerprint density at radius 2 is 1.92 bits per heavy atom. The average molecular weight is 359 g/mol. The number of thiazole rings is 1. The molecular weight excluding hydrogens is 338 g/mol. The third-order valence-electron chi connectivity index (χ3n) is 3.88. The van der Waals surface area contributed by atoms with Crippen molar-refractivity contribution in [3.05, 3.63) is 47.0 Å². The fraction of sp³-hybridized carbons (Fsp3) is 0.389. The zero-order valence-electron chi connectivity index (χ0n) is 14.3. The minimum absolute atomic E-state index is 0.0105. The smallest absolute Gasteiger partial charge is 0.273 e. The van der Waals surface area contributed by atoms with Crippen molar-refractivity contribution in [3.63, 3.8) is 0 Å². The van der Waals surface area contributed by atoms with Crippen molar-refractivity contribution in [2.75, 3.05) is 18.4 Å². The summed E-state index contributed by atoms with van der Waals surface area (Å²) in [5.74, 6) is -0.269. The Balaban J connectivity index is 1.60. The summed E-state index contributed by atoms with van der Waals surface area (Å²) in [5.41, 5.74) is 1.30. The molecule has 1 N–H and O–H groups in total. The lowest BCUT2D eigenvalue weighted by atomic mass is 10.1. The van der Waals surface area contributed by atoms with E-state index in [0.717, 1.165) is 5.56 Å². The Morgan fingerprint density at radius 1 is 1.24 bits per heavy atom. The summed E-state index contributed by atoms with van der Waals surface area (Å²) in [6.45, 7) is 5.01. The zero-order valence-corrected chi connectivity index (χ0v) is 15.1. The fourth-order valence-electron chi connectivity index (χ4n) is 2.88. The summed E-state index contributed by atoms with van der Waals surface area (Å²) in [6.07, 6.45) is 0.301. The van der Waals surface area contributed by atoms with Gasteiger partial charge in [0.2, 0.25) is 5.91 Å². The van der Waals surface area contributed by atoms with Gasteiger partial charge in [0, 0.05) is 18.5 Å². The lowest BCUT2D eigenvalue weighted by Crippen LogP contribution is -2.48. The molecule has 1 aliphatic rings. The number of rotatable bonds is 4. The number of morpholine rings is 1. The van der Waals surface area contributed by atoms with Crippen molar-refractivity contribution in [1.29, 1.82) is 0 Å². The van der Waals surface area contributed by atoms with Crippen LogP contribution in [0.25, 0.3) is 0 Å². The number of anilines is 1. The summed E-state index contributed by atoms with van der Waals surface area (Å²) in [5, 5.41) is 4.89. The van der Waals surface area contributed by atoms with Gasteiger partial charge in [-0.2, -0.15) is 0 Å². The van der Waals surface area contributed by atoms with Gasteiger partial charge in [0.15, 0.2) is 5.13 Å². The maximum Gasteiger partial charge on any atom is 0.273 e. The van der Waals surface area contributed by atoms with Crippen LogP contribution in [-0.4, -0.2) is 47.0 Å². The van der Waals surface area contributed by atoms with Gasteiger partial charge in [-0.05, 0) is 19.4 Å². The van der Waals surface area contributed by atoms with Gasteiger partial charge in [-0.3, -0.25) is 9.59 Å². The standard InChI is InChI=1S/C18H21N3O3S/c1-12-9-21(10-13(2)24-12)17(23)15-11-25-18(19-15)20-16(22)8-14-6-4-3-5-7-14/h3-7,11-13H,8-10H2,1-2H3,(H,19,20,22). The molecule has 2 unspecified atom stereocenters. The van der Waals surface area contributed by atoms with Crippen LogP contribution in [0.5, 0.6) is 0 Å². The van der Waals surface area contributed by atoms with Gasteiger partial charge in [-0.25, -0.2) is 4.98 Å². The molecule has 7 heteroatoms. The largest absolute Gasteiger partial charge is 0.372 e. The van der Waals surface area contributed by atoms with E-state index in [0.29, 0.717) is 23.9 Å². The highest BCUT2D eigenvalue weighted by Crippen LogP contribution is 2.19. The van der Waals surface area contributed by atoms with Crippen molar-refractivity contribution in [1.82, 2.24) is 9.88 Å². The number of hydrogen-bond donors (Lipinski definition) is 1. The molecule has 6 nitrogen and oxygen atoms in total. The highest BCUT2D eigenvalue weighted by atomic mass is 32.1. The Labute approximate surface area is 150 Å². The quantitative estimate of drug-likeness (QED) is 0.911. The molecule has 132 valence electrons. The van der Waals surface area contributed by atoms with Gasteiger partial charge >= 0.3 is 0 Å². The molecule has 2 atom stereocenters. The average Bonchev–Trinajstić information content (AvgIpc) is 3.02. The van der Waals surface area contributed by atoms with Gasteiger partial charge in [-0.15, -0.1) is 11.3 Å². The number of nitrogens with zero attached hydrogens (tertiary/aromatic N) is 2. The predicted molar refractivity (Wildman–Crippen MR) is 96.8 cm³/mol.